The van der Waals surface area contributed by atoms with E-state index in [1.165, 1.54) is 0 Å². The number of aromatic nitrogens is 1. The molecular formula is C23H23N3O3S. The molecule has 0 radical (unpaired) electrons. The van der Waals surface area contributed by atoms with Crippen LogP contribution in [0.1, 0.15) is 22.2 Å². The Balaban J connectivity index is 1.45. The molecule has 1 N–H and O–H groups in total. The van der Waals surface area contributed by atoms with Gasteiger partial charge in [-0.15, -0.1) is 11.3 Å². The minimum absolute atomic E-state index is 0.0264. The average Bonchev–Trinajstić information content (AvgIpc) is 3.41. The van der Waals surface area contributed by atoms with Gasteiger partial charge in [-0.2, -0.15) is 0 Å². The number of hydrogen-bond donors (Lipinski definition) is 1. The molecule has 154 valence electrons. The van der Waals surface area contributed by atoms with Crippen LogP contribution in [0.2, 0.25) is 0 Å². The third-order valence-corrected chi connectivity index (χ3v) is 5.97. The Kier molecular flexibility index (Phi) is 5.83. The molecular weight excluding hydrogens is 398 g/mol. The zero-order valence-electron chi connectivity index (χ0n) is 17.1. The van der Waals surface area contributed by atoms with E-state index in [0.717, 1.165) is 26.5 Å². The van der Waals surface area contributed by atoms with Gasteiger partial charge in [-0.3, -0.25) is 4.79 Å². The van der Waals surface area contributed by atoms with Crippen molar-refractivity contribution < 1.29 is 13.9 Å². The molecule has 6 nitrogen and oxygen atoms in total. The van der Waals surface area contributed by atoms with E-state index in [1.54, 1.807) is 30.6 Å². The van der Waals surface area contributed by atoms with Crippen molar-refractivity contribution in [3.8, 4) is 16.5 Å². The number of amides is 1. The highest BCUT2D eigenvalue weighted by Gasteiger charge is 2.19. The standard InChI is InChI=1S/C23H23N3O3S/c1-26(2)18(15-8-10-16(28-3)11-9-15)14-24-22(27)19-12-13-20(29-19)23-25-17-6-4-5-7-21(17)30-23/h4-13,18H,14H2,1-3H3,(H,24,27). The maximum Gasteiger partial charge on any atom is 0.287 e. The summed E-state index contributed by atoms with van der Waals surface area (Å²) in [6.45, 7) is 0.454. The number of nitrogens with zero attached hydrogens (tertiary/aromatic N) is 2. The number of ether oxygens (including phenoxy) is 1. The van der Waals surface area contributed by atoms with Crippen molar-refractivity contribution in [3.05, 3.63) is 72.0 Å². The molecule has 2 aromatic heterocycles. The van der Waals surface area contributed by atoms with E-state index in [9.17, 15) is 4.79 Å². The molecule has 2 heterocycles. The normalized spacial score (nSPS) is 12.3. The van der Waals surface area contributed by atoms with Gasteiger partial charge in [-0.1, -0.05) is 24.3 Å². The molecule has 0 saturated heterocycles. The first-order chi connectivity index (χ1) is 14.5. The van der Waals surface area contributed by atoms with Gasteiger partial charge in [0.05, 0.1) is 23.4 Å². The second-order valence-electron chi connectivity index (χ2n) is 7.11. The van der Waals surface area contributed by atoms with Crippen LogP contribution in [0.15, 0.2) is 65.1 Å². The lowest BCUT2D eigenvalue weighted by atomic mass is 10.1. The number of thiazole rings is 1. The van der Waals surface area contributed by atoms with E-state index < -0.39 is 0 Å². The second kappa shape index (κ2) is 8.69. The van der Waals surface area contributed by atoms with Crippen LogP contribution in [0.5, 0.6) is 5.75 Å². The van der Waals surface area contributed by atoms with Gasteiger partial charge in [0.15, 0.2) is 16.5 Å². The van der Waals surface area contributed by atoms with Crippen LogP contribution >= 0.6 is 11.3 Å². The molecule has 0 saturated carbocycles. The average molecular weight is 422 g/mol. The Hall–Kier alpha value is -3.16. The number of carbonyl (C=O) groups excluding carboxylic acids is 1. The predicted octanol–water partition coefficient (Wildman–Crippen LogP) is 4.60. The highest BCUT2D eigenvalue weighted by atomic mass is 32.1. The lowest BCUT2D eigenvalue weighted by molar-refractivity contribution is 0.0915. The molecule has 1 atom stereocenters. The van der Waals surface area contributed by atoms with Gasteiger partial charge in [-0.25, -0.2) is 4.98 Å². The Bertz CT molecular complexity index is 1110. The third-order valence-electron chi connectivity index (χ3n) is 4.91. The van der Waals surface area contributed by atoms with Crippen LogP contribution in [0.25, 0.3) is 21.0 Å². The maximum absolute atomic E-state index is 12.7. The highest BCUT2D eigenvalue weighted by molar-refractivity contribution is 7.21. The van der Waals surface area contributed by atoms with E-state index >= 15 is 0 Å². The van der Waals surface area contributed by atoms with Crippen LogP contribution in [0, 0.1) is 0 Å². The van der Waals surface area contributed by atoms with E-state index in [2.05, 4.69) is 15.2 Å². The summed E-state index contributed by atoms with van der Waals surface area (Å²) in [4.78, 5) is 19.3. The minimum atomic E-state index is -0.247. The summed E-state index contributed by atoms with van der Waals surface area (Å²) in [6, 6.07) is 19.3. The SMILES string of the molecule is COc1ccc(C(CNC(=O)c2ccc(-c3nc4ccccc4s3)o2)N(C)C)cc1. The summed E-state index contributed by atoms with van der Waals surface area (Å²) in [5.41, 5.74) is 2.02. The minimum Gasteiger partial charge on any atom is -0.497 e. The Morgan fingerprint density at radius 2 is 1.90 bits per heavy atom. The number of fused-ring (bicyclic) bond motifs is 1. The van der Waals surface area contributed by atoms with Crippen molar-refractivity contribution >= 4 is 27.5 Å². The predicted molar refractivity (Wildman–Crippen MR) is 119 cm³/mol. The zero-order chi connectivity index (χ0) is 21.1. The number of carbonyl (C=O) groups is 1. The summed E-state index contributed by atoms with van der Waals surface area (Å²) in [5.74, 6) is 1.43. The molecule has 4 rings (SSSR count). The summed E-state index contributed by atoms with van der Waals surface area (Å²) >= 11 is 1.54. The van der Waals surface area contributed by atoms with Crippen LogP contribution in [-0.4, -0.2) is 43.5 Å². The number of likely N-dealkylation sites (N-methyl/N-ethyl adjacent to an activating group) is 1. The van der Waals surface area contributed by atoms with Crippen molar-refractivity contribution in [1.82, 2.24) is 15.2 Å². The smallest absolute Gasteiger partial charge is 0.287 e. The van der Waals surface area contributed by atoms with Gasteiger partial charge < -0.3 is 19.4 Å². The van der Waals surface area contributed by atoms with Crippen molar-refractivity contribution in [2.45, 2.75) is 6.04 Å². The molecule has 0 aliphatic heterocycles. The summed E-state index contributed by atoms with van der Waals surface area (Å²) in [5, 5.41) is 3.74. The number of nitrogens with one attached hydrogen (secondary N) is 1. The largest absolute Gasteiger partial charge is 0.497 e. The molecule has 0 fully saturated rings. The third kappa shape index (κ3) is 4.22. The Labute approximate surface area is 179 Å². The molecule has 0 aliphatic rings. The number of para-hydroxylation sites is 1. The number of methoxy groups -OCH3 is 1. The number of furan rings is 1. The first-order valence-corrected chi connectivity index (χ1v) is 10.4. The Morgan fingerprint density at radius 1 is 1.13 bits per heavy atom. The molecule has 0 spiro atoms. The van der Waals surface area contributed by atoms with Gasteiger partial charge in [-0.05, 0) is 56.1 Å². The van der Waals surface area contributed by atoms with Crippen LogP contribution < -0.4 is 10.1 Å². The highest BCUT2D eigenvalue weighted by Crippen LogP contribution is 2.31. The first kappa shape index (κ1) is 20.1. The van der Waals surface area contributed by atoms with Crippen molar-refractivity contribution in [2.24, 2.45) is 0 Å². The lowest BCUT2D eigenvalue weighted by Gasteiger charge is -2.25. The summed E-state index contributed by atoms with van der Waals surface area (Å²) in [6.07, 6.45) is 0. The number of hydrogen-bond acceptors (Lipinski definition) is 6. The van der Waals surface area contributed by atoms with E-state index in [0.29, 0.717) is 12.3 Å². The van der Waals surface area contributed by atoms with Crippen LogP contribution in [0.3, 0.4) is 0 Å². The molecule has 7 heteroatoms. The molecule has 1 amide bonds. The lowest BCUT2D eigenvalue weighted by Crippen LogP contribution is -2.34. The molecule has 30 heavy (non-hydrogen) atoms. The summed E-state index contributed by atoms with van der Waals surface area (Å²) in [7, 11) is 5.61. The van der Waals surface area contributed by atoms with Gasteiger partial charge in [0, 0.05) is 6.54 Å². The van der Waals surface area contributed by atoms with Gasteiger partial charge in [0.25, 0.3) is 5.91 Å². The molecule has 1 unspecified atom stereocenters. The topological polar surface area (TPSA) is 67.6 Å². The van der Waals surface area contributed by atoms with Crippen molar-refractivity contribution in [3.63, 3.8) is 0 Å². The Morgan fingerprint density at radius 3 is 2.60 bits per heavy atom. The molecule has 2 aromatic carbocycles. The van der Waals surface area contributed by atoms with Gasteiger partial charge in [0.1, 0.15) is 5.75 Å². The fourth-order valence-corrected chi connectivity index (χ4v) is 4.18. The maximum atomic E-state index is 12.7. The zero-order valence-corrected chi connectivity index (χ0v) is 17.9. The second-order valence-corrected chi connectivity index (χ2v) is 8.14. The van der Waals surface area contributed by atoms with E-state index in [1.807, 2.05) is 62.6 Å². The monoisotopic (exact) mass is 421 g/mol. The van der Waals surface area contributed by atoms with Crippen LogP contribution in [-0.2, 0) is 0 Å². The van der Waals surface area contributed by atoms with Gasteiger partial charge >= 0.3 is 0 Å². The molecule has 0 aliphatic carbocycles. The fourth-order valence-electron chi connectivity index (χ4n) is 3.25. The van der Waals surface area contributed by atoms with Gasteiger partial charge in [0.2, 0.25) is 0 Å². The first-order valence-electron chi connectivity index (χ1n) is 9.59. The number of rotatable bonds is 7. The fraction of sp³-hybridized carbons (Fsp3) is 0.217. The van der Waals surface area contributed by atoms with E-state index in [-0.39, 0.29) is 17.7 Å². The van der Waals surface area contributed by atoms with Crippen LogP contribution in [0.4, 0.5) is 0 Å². The van der Waals surface area contributed by atoms with Crippen molar-refractivity contribution in [1.29, 1.82) is 0 Å². The quantitative estimate of drug-likeness (QED) is 0.472. The van der Waals surface area contributed by atoms with E-state index in [4.69, 9.17) is 9.15 Å². The summed E-state index contributed by atoms with van der Waals surface area (Å²) < 4.78 is 12.1. The van der Waals surface area contributed by atoms with Crippen molar-refractivity contribution in [2.75, 3.05) is 27.7 Å². The number of benzene rings is 2. The molecule has 4 aromatic rings. The molecule has 0 bridgehead atoms.